The standard InChI is InChI=1S/C17H12F6N4O3S2/c1-32(29,30)10-4-5-11-12(7-10)31-14(25-11)27-15(16(18,19)20,17(21,22)23)26-13(28)9-3-2-6-24-8-9/h2-8H,1H3,(H,25,27)(H,26,28). The first kappa shape index (κ1) is 23.7. The van der Waals surface area contributed by atoms with E-state index in [9.17, 15) is 39.6 Å². The van der Waals surface area contributed by atoms with Gasteiger partial charge in [0.15, 0.2) is 15.0 Å². The Morgan fingerprint density at radius 3 is 2.25 bits per heavy atom. The van der Waals surface area contributed by atoms with Gasteiger partial charge in [0.25, 0.3) is 5.91 Å². The third kappa shape index (κ3) is 4.48. The Hall–Kier alpha value is -2.94. The number of aromatic nitrogens is 2. The highest BCUT2D eigenvalue weighted by atomic mass is 32.2. The Balaban J connectivity index is 2.09. The zero-order chi connectivity index (χ0) is 23.9. The number of sulfone groups is 1. The maximum atomic E-state index is 13.8. The summed E-state index contributed by atoms with van der Waals surface area (Å²) in [5.41, 5.74) is -5.46. The Morgan fingerprint density at radius 1 is 1.06 bits per heavy atom. The van der Waals surface area contributed by atoms with Gasteiger partial charge in [-0.1, -0.05) is 11.3 Å². The predicted octanol–water partition coefficient (Wildman–Crippen LogP) is 3.76. The number of hydrogen-bond donors (Lipinski definition) is 2. The van der Waals surface area contributed by atoms with Crippen LogP contribution in [0.3, 0.4) is 0 Å². The van der Waals surface area contributed by atoms with E-state index in [1.54, 1.807) is 0 Å². The molecule has 32 heavy (non-hydrogen) atoms. The molecule has 7 nitrogen and oxygen atoms in total. The molecule has 0 atom stereocenters. The first-order chi connectivity index (χ1) is 14.6. The number of carbonyl (C=O) groups is 1. The van der Waals surface area contributed by atoms with E-state index in [-0.39, 0.29) is 15.1 Å². The van der Waals surface area contributed by atoms with E-state index in [1.165, 1.54) is 11.5 Å². The van der Waals surface area contributed by atoms with Crippen LogP contribution in [-0.4, -0.2) is 48.6 Å². The van der Waals surface area contributed by atoms with Gasteiger partial charge in [-0.3, -0.25) is 9.78 Å². The van der Waals surface area contributed by atoms with Crippen molar-refractivity contribution in [3.05, 3.63) is 48.3 Å². The van der Waals surface area contributed by atoms with Gasteiger partial charge in [-0.2, -0.15) is 26.3 Å². The maximum absolute atomic E-state index is 13.8. The molecule has 0 saturated heterocycles. The van der Waals surface area contributed by atoms with Gasteiger partial charge in [-0.15, -0.1) is 0 Å². The van der Waals surface area contributed by atoms with Crippen molar-refractivity contribution in [3.63, 3.8) is 0 Å². The number of nitrogens with zero attached hydrogens (tertiary/aromatic N) is 2. The first-order valence-electron chi connectivity index (χ1n) is 8.39. The molecule has 15 heteroatoms. The van der Waals surface area contributed by atoms with Gasteiger partial charge in [-0.25, -0.2) is 13.4 Å². The summed E-state index contributed by atoms with van der Waals surface area (Å²) >= 11 is 0.359. The molecule has 2 heterocycles. The minimum absolute atomic E-state index is 0.0206. The number of benzene rings is 1. The molecule has 0 aliphatic carbocycles. The van der Waals surface area contributed by atoms with Crippen LogP contribution in [0.15, 0.2) is 47.6 Å². The molecule has 0 saturated carbocycles. The molecule has 1 aromatic carbocycles. The lowest BCUT2D eigenvalue weighted by molar-refractivity contribution is -0.294. The summed E-state index contributed by atoms with van der Waals surface area (Å²) in [7, 11) is -3.68. The molecule has 0 bridgehead atoms. The van der Waals surface area contributed by atoms with Crippen LogP contribution in [-0.2, 0) is 9.84 Å². The van der Waals surface area contributed by atoms with E-state index in [0.717, 1.165) is 48.1 Å². The summed E-state index contributed by atoms with van der Waals surface area (Å²) in [6.07, 6.45) is -9.21. The minimum atomic E-state index is -6.04. The minimum Gasteiger partial charge on any atom is -0.324 e. The maximum Gasteiger partial charge on any atom is 0.439 e. The molecule has 2 aromatic heterocycles. The summed E-state index contributed by atoms with van der Waals surface area (Å²) in [5.74, 6) is -1.68. The molecule has 2 N–H and O–H groups in total. The topological polar surface area (TPSA) is 101 Å². The molecule has 0 aliphatic heterocycles. The average molecular weight is 498 g/mol. The summed E-state index contributed by atoms with van der Waals surface area (Å²) in [6.45, 7) is 0. The Kier molecular flexibility index (Phi) is 5.84. The number of carbonyl (C=O) groups excluding carboxylic acids is 1. The second-order valence-corrected chi connectivity index (χ2v) is 9.53. The second-order valence-electron chi connectivity index (χ2n) is 6.49. The lowest BCUT2D eigenvalue weighted by Gasteiger charge is -2.38. The van der Waals surface area contributed by atoms with Gasteiger partial charge in [0, 0.05) is 18.6 Å². The van der Waals surface area contributed by atoms with Crippen molar-refractivity contribution < 1.29 is 39.6 Å². The van der Waals surface area contributed by atoms with E-state index in [4.69, 9.17) is 0 Å². The molecular formula is C17H12F6N4O3S2. The zero-order valence-electron chi connectivity index (χ0n) is 15.7. The molecule has 3 rings (SSSR count). The molecule has 0 aliphatic rings. The van der Waals surface area contributed by atoms with E-state index < -0.39 is 44.5 Å². The number of anilines is 1. The fourth-order valence-electron chi connectivity index (χ4n) is 2.56. The largest absolute Gasteiger partial charge is 0.439 e. The molecule has 1 amide bonds. The summed E-state index contributed by atoms with van der Waals surface area (Å²) in [6, 6.07) is 5.49. The van der Waals surface area contributed by atoms with E-state index in [0.29, 0.717) is 11.3 Å². The van der Waals surface area contributed by atoms with E-state index in [2.05, 4.69) is 9.97 Å². The smallest absolute Gasteiger partial charge is 0.324 e. The normalized spacial score (nSPS) is 13.2. The molecular weight excluding hydrogens is 486 g/mol. The highest BCUT2D eigenvalue weighted by Gasteiger charge is 2.73. The van der Waals surface area contributed by atoms with Crippen molar-refractivity contribution in [2.75, 3.05) is 11.6 Å². The third-order valence-corrected chi connectivity index (χ3v) is 6.20. The predicted molar refractivity (Wildman–Crippen MR) is 103 cm³/mol. The fraction of sp³-hybridized carbons (Fsp3) is 0.235. The summed E-state index contributed by atoms with van der Waals surface area (Å²) in [4.78, 5) is 19.2. The number of fused-ring (bicyclic) bond motifs is 1. The number of amides is 1. The van der Waals surface area contributed by atoms with Crippen LogP contribution in [0.25, 0.3) is 10.2 Å². The number of hydrogen-bond acceptors (Lipinski definition) is 7. The lowest BCUT2D eigenvalue weighted by Crippen LogP contribution is -2.72. The van der Waals surface area contributed by atoms with Gasteiger partial charge in [0.1, 0.15) is 0 Å². The number of alkyl halides is 6. The highest BCUT2D eigenvalue weighted by molar-refractivity contribution is 7.90. The number of nitrogens with one attached hydrogen (secondary N) is 2. The Labute approximate surface area is 180 Å². The van der Waals surface area contributed by atoms with Crippen LogP contribution in [0.1, 0.15) is 10.4 Å². The molecule has 3 aromatic rings. The fourth-order valence-corrected chi connectivity index (χ4v) is 4.25. The number of thiazole rings is 1. The van der Waals surface area contributed by atoms with E-state index >= 15 is 0 Å². The average Bonchev–Trinajstić information content (AvgIpc) is 3.07. The van der Waals surface area contributed by atoms with Crippen molar-refractivity contribution in [3.8, 4) is 0 Å². The van der Waals surface area contributed by atoms with Crippen molar-refractivity contribution >= 4 is 42.4 Å². The van der Waals surface area contributed by atoms with Crippen molar-refractivity contribution in [2.24, 2.45) is 0 Å². The van der Waals surface area contributed by atoms with Crippen LogP contribution in [0, 0.1) is 0 Å². The molecule has 0 fully saturated rings. The second kappa shape index (κ2) is 7.88. The van der Waals surface area contributed by atoms with Crippen LogP contribution < -0.4 is 10.6 Å². The van der Waals surface area contributed by atoms with Gasteiger partial charge in [0.05, 0.1) is 20.7 Å². The quantitative estimate of drug-likeness (QED) is 0.411. The van der Waals surface area contributed by atoms with Crippen LogP contribution in [0.2, 0.25) is 0 Å². The van der Waals surface area contributed by atoms with Gasteiger partial charge >= 0.3 is 18.0 Å². The van der Waals surface area contributed by atoms with Gasteiger partial charge < -0.3 is 10.6 Å². The summed E-state index contributed by atoms with van der Waals surface area (Å²) in [5, 5.41) is 1.42. The number of rotatable bonds is 5. The van der Waals surface area contributed by atoms with Crippen molar-refractivity contribution in [2.45, 2.75) is 22.9 Å². The van der Waals surface area contributed by atoms with Crippen LogP contribution >= 0.6 is 11.3 Å². The monoisotopic (exact) mass is 498 g/mol. The van der Waals surface area contributed by atoms with Crippen molar-refractivity contribution in [1.29, 1.82) is 0 Å². The Bertz CT molecular complexity index is 1240. The highest BCUT2D eigenvalue weighted by Crippen LogP contribution is 2.44. The molecule has 0 spiro atoms. The van der Waals surface area contributed by atoms with Crippen LogP contribution in [0.4, 0.5) is 31.5 Å². The lowest BCUT2D eigenvalue weighted by atomic mass is 10.1. The first-order valence-corrected chi connectivity index (χ1v) is 11.1. The van der Waals surface area contributed by atoms with Gasteiger partial charge in [0.2, 0.25) is 0 Å². The summed E-state index contributed by atoms with van der Waals surface area (Å²) < 4.78 is 106. The van der Waals surface area contributed by atoms with Gasteiger partial charge in [-0.05, 0) is 30.3 Å². The third-order valence-electron chi connectivity index (χ3n) is 4.16. The molecule has 0 unspecified atom stereocenters. The Morgan fingerprint density at radius 2 is 1.72 bits per heavy atom. The molecule has 172 valence electrons. The zero-order valence-corrected chi connectivity index (χ0v) is 17.4. The molecule has 0 radical (unpaired) electrons. The van der Waals surface area contributed by atoms with Crippen molar-refractivity contribution in [1.82, 2.24) is 15.3 Å². The number of pyridine rings is 1. The van der Waals surface area contributed by atoms with Crippen LogP contribution in [0.5, 0.6) is 0 Å². The SMILES string of the molecule is CS(=O)(=O)c1ccc2nc(NC(NC(=O)c3cccnc3)(C(F)(F)F)C(F)(F)F)sc2c1. The van der Waals surface area contributed by atoms with E-state index in [1.807, 2.05) is 0 Å². The number of halogens is 6.